The van der Waals surface area contributed by atoms with Gasteiger partial charge in [0.15, 0.2) is 5.72 Å². The summed E-state index contributed by atoms with van der Waals surface area (Å²) in [7, 11) is 0. The first kappa shape index (κ1) is 33.1. The molecule has 2 aliphatic heterocycles. The van der Waals surface area contributed by atoms with Crippen molar-refractivity contribution in [2.24, 2.45) is 11.8 Å². The third kappa shape index (κ3) is 5.90. The fourth-order valence-electron chi connectivity index (χ4n) is 6.70. The number of aliphatic hydroxyl groups is 2. The maximum atomic E-state index is 16.6. The molecule has 0 bridgehead atoms. The van der Waals surface area contributed by atoms with Gasteiger partial charge >= 0.3 is 5.97 Å². The van der Waals surface area contributed by atoms with Gasteiger partial charge in [0.1, 0.15) is 12.4 Å². The smallest absolute Gasteiger partial charge is 0.311 e. The molecule has 0 spiro atoms. The number of carbonyl (C=O) groups excluding carboxylic acids is 2. The van der Waals surface area contributed by atoms with Crippen LogP contribution in [0.3, 0.4) is 0 Å². The Hall–Kier alpha value is -3.27. The summed E-state index contributed by atoms with van der Waals surface area (Å²) in [5, 5.41) is 25.5. The first-order valence-corrected chi connectivity index (χ1v) is 15.7. The van der Waals surface area contributed by atoms with Crippen molar-refractivity contribution in [2.45, 2.75) is 50.5 Å². The molecule has 10 heteroatoms. The molecule has 2 aliphatic rings. The zero-order valence-corrected chi connectivity index (χ0v) is 26.7. The van der Waals surface area contributed by atoms with Crippen molar-refractivity contribution in [2.75, 3.05) is 19.8 Å². The minimum absolute atomic E-state index is 0.0636. The number of halogens is 3. The molecule has 0 aliphatic carbocycles. The number of carbonyl (C=O) groups is 2. The van der Waals surface area contributed by atoms with Crippen LogP contribution in [0.1, 0.15) is 71.8 Å². The third-order valence-electron chi connectivity index (χ3n) is 9.10. The Kier molecular flexibility index (Phi) is 9.73. The topological polar surface area (TPSA) is 96.3 Å². The van der Waals surface area contributed by atoms with Crippen LogP contribution in [0.4, 0.5) is 4.39 Å². The second-order valence-electron chi connectivity index (χ2n) is 11.6. The monoisotopic (exact) mass is 655 g/mol. The molecule has 0 saturated carbocycles. The first-order chi connectivity index (χ1) is 21.5. The summed E-state index contributed by atoms with van der Waals surface area (Å²) in [5.74, 6) is -3.50. The van der Waals surface area contributed by atoms with E-state index in [1.807, 2.05) is 6.92 Å². The molecule has 1 unspecified atom stereocenters. The maximum Gasteiger partial charge on any atom is 0.311 e. The fraction of sp³-hybridized carbons (Fsp3) is 0.371. The van der Waals surface area contributed by atoms with Crippen LogP contribution >= 0.6 is 23.2 Å². The predicted molar refractivity (Wildman–Crippen MR) is 169 cm³/mol. The average molecular weight is 657 g/mol. The molecule has 2 heterocycles. The Bertz CT molecular complexity index is 1580. The number of rotatable bonds is 10. The van der Waals surface area contributed by atoms with E-state index in [1.54, 1.807) is 31.2 Å². The molecule has 3 aromatic rings. The molecule has 238 valence electrons. The van der Waals surface area contributed by atoms with E-state index in [1.165, 1.54) is 42.5 Å². The van der Waals surface area contributed by atoms with Crippen LogP contribution in [0.25, 0.3) is 0 Å². The molecule has 45 heavy (non-hydrogen) atoms. The second kappa shape index (κ2) is 13.2. The molecular weight excluding hydrogens is 620 g/mol. The van der Waals surface area contributed by atoms with Gasteiger partial charge in [-0.2, -0.15) is 0 Å². The zero-order valence-electron chi connectivity index (χ0n) is 25.1. The van der Waals surface area contributed by atoms with Gasteiger partial charge in [-0.1, -0.05) is 67.0 Å². The van der Waals surface area contributed by atoms with Gasteiger partial charge in [-0.05, 0) is 79.6 Å². The van der Waals surface area contributed by atoms with Crippen LogP contribution in [-0.2, 0) is 25.6 Å². The maximum absolute atomic E-state index is 16.6. The highest BCUT2D eigenvalue weighted by atomic mass is 35.5. The van der Waals surface area contributed by atoms with Crippen LogP contribution in [0.2, 0.25) is 10.0 Å². The summed E-state index contributed by atoms with van der Waals surface area (Å²) in [6, 6.07) is 14.1. The lowest BCUT2D eigenvalue weighted by Gasteiger charge is -2.42. The summed E-state index contributed by atoms with van der Waals surface area (Å²) < 4.78 is 27.5. The molecular formula is C35H36Cl2FNO6. The van der Waals surface area contributed by atoms with Crippen LogP contribution in [-0.4, -0.2) is 46.8 Å². The molecule has 1 saturated heterocycles. The van der Waals surface area contributed by atoms with Gasteiger partial charge in [0, 0.05) is 28.8 Å². The number of esters is 1. The standard InChI is InChI=1S/C35H36Cl2FNO6/c1-4-16-45-33(41)21(3)31(22-6-10-26(36)11-7-22)39-32(40)28-19-25(34(42,5-2)23-14-17-44-18-15-23)20-29(38)30(28)35(39,43)24-8-12-27(37)13-9-24/h4,6-13,19-21,23,31,42-43H,1,5,14-18H2,2-3H3/t21-,31-,34?,35+/m0/s1. The highest BCUT2D eigenvalue weighted by Gasteiger charge is 2.57. The SMILES string of the molecule is C=CCOC(=O)[C@@H](C)[C@@H](c1ccc(Cl)cc1)N1C(=O)c2cc(C(O)(CC)C3CCOCC3)cc(F)c2[C@]1(O)c1ccc(Cl)cc1. The summed E-state index contributed by atoms with van der Waals surface area (Å²) in [6.07, 6.45) is 2.84. The average Bonchev–Trinajstić information content (AvgIpc) is 3.28. The van der Waals surface area contributed by atoms with Crippen LogP contribution < -0.4 is 0 Å². The molecule has 2 N–H and O–H groups in total. The Morgan fingerprint density at radius 1 is 1.16 bits per heavy atom. The van der Waals surface area contributed by atoms with Gasteiger partial charge in [-0.15, -0.1) is 0 Å². The molecule has 3 aromatic carbocycles. The van der Waals surface area contributed by atoms with Gasteiger partial charge in [-0.25, -0.2) is 4.39 Å². The van der Waals surface area contributed by atoms with Gasteiger partial charge in [-0.3, -0.25) is 14.5 Å². The van der Waals surface area contributed by atoms with E-state index in [0.717, 1.165) is 4.90 Å². The first-order valence-electron chi connectivity index (χ1n) is 15.0. The number of nitrogens with zero attached hydrogens (tertiary/aromatic N) is 1. The zero-order chi connectivity index (χ0) is 32.5. The van der Waals surface area contributed by atoms with Crippen LogP contribution in [0.5, 0.6) is 0 Å². The van der Waals surface area contributed by atoms with E-state index < -0.39 is 41.0 Å². The lowest BCUT2D eigenvalue weighted by Crippen LogP contribution is -2.50. The van der Waals surface area contributed by atoms with Gasteiger partial charge in [0.05, 0.1) is 28.7 Å². The lowest BCUT2D eigenvalue weighted by atomic mass is 9.74. The molecule has 0 aromatic heterocycles. The number of amides is 1. The number of fused-ring (bicyclic) bond motifs is 1. The Labute approximate surface area is 272 Å². The molecule has 1 fully saturated rings. The minimum atomic E-state index is -2.38. The minimum Gasteiger partial charge on any atom is -0.461 e. The number of hydrogen-bond acceptors (Lipinski definition) is 6. The van der Waals surface area contributed by atoms with Gasteiger partial charge < -0.3 is 19.7 Å². The summed E-state index contributed by atoms with van der Waals surface area (Å²) in [4.78, 5) is 29.1. The Morgan fingerprint density at radius 3 is 2.33 bits per heavy atom. The fourth-order valence-corrected chi connectivity index (χ4v) is 6.95. The lowest BCUT2D eigenvalue weighted by molar-refractivity contribution is -0.152. The summed E-state index contributed by atoms with van der Waals surface area (Å²) >= 11 is 12.4. The van der Waals surface area contributed by atoms with Crippen molar-refractivity contribution >= 4 is 35.1 Å². The van der Waals surface area contributed by atoms with Crippen molar-refractivity contribution in [1.29, 1.82) is 0 Å². The molecule has 1 amide bonds. The highest BCUT2D eigenvalue weighted by Crippen LogP contribution is 2.51. The summed E-state index contributed by atoms with van der Waals surface area (Å²) in [5.41, 5.74) is -3.36. The number of benzene rings is 3. The molecule has 0 radical (unpaired) electrons. The van der Waals surface area contributed by atoms with E-state index in [-0.39, 0.29) is 41.2 Å². The van der Waals surface area contributed by atoms with Crippen LogP contribution in [0.15, 0.2) is 73.3 Å². The Balaban J connectivity index is 1.74. The molecule has 5 rings (SSSR count). The predicted octanol–water partition coefficient (Wildman–Crippen LogP) is 6.91. The van der Waals surface area contributed by atoms with Gasteiger partial charge in [0.2, 0.25) is 0 Å². The second-order valence-corrected chi connectivity index (χ2v) is 12.5. The van der Waals surface area contributed by atoms with E-state index in [9.17, 15) is 19.8 Å². The van der Waals surface area contributed by atoms with Gasteiger partial charge in [0.25, 0.3) is 5.91 Å². The molecule has 7 nitrogen and oxygen atoms in total. The normalized spacial score (nSPS) is 21.1. The van der Waals surface area contributed by atoms with Crippen molar-refractivity contribution < 1.29 is 33.7 Å². The van der Waals surface area contributed by atoms with Crippen molar-refractivity contribution in [1.82, 2.24) is 4.90 Å². The van der Waals surface area contributed by atoms with Crippen LogP contribution in [0, 0.1) is 17.7 Å². The molecule has 4 atom stereocenters. The summed E-state index contributed by atoms with van der Waals surface area (Å²) in [6.45, 7) is 7.85. The van der Waals surface area contributed by atoms with E-state index >= 15 is 4.39 Å². The number of ether oxygens (including phenoxy) is 2. The largest absolute Gasteiger partial charge is 0.461 e. The van der Waals surface area contributed by atoms with Crippen molar-refractivity contribution in [3.8, 4) is 0 Å². The Morgan fingerprint density at radius 2 is 1.76 bits per heavy atom. The van der Waals surface area contributed by atoms with Crippen molar-refractivity contribution in [3.05, 3.63) is 117 Å². The van der Waals surface area contributed by atoms with E-state index in [2.05, 4.69) is 6.58 Å². The number of hydrogen-bond donors (Lipinski definition) is 2. The quantitative estimate of drug-likeness (QED) is 0.182. The van der Waals surface area contributed by atoms with Crippen molar-refractivity contribution in [3.63, 3.8) is 0 Å². The van der Waals surface area contributed by atoms with E-state index in [0.29, 0.717) is 41.7 Å². The third-order valence-corrected chi connectivity index (χ3v) is 9.60. The highest BCUT2D eigenvalue weighted by molar-refractivity contribution is 6.30. The van der Waals surface area contributed by atoms with E-state index in [4.69, 9.17) is 32.7 Å².